The number of nitrogens with zero attached hydrogens (tertiary/aromatic N) is 1. The Kier molecular flexibility index (Phi) is 4.11. The van der Waals surface area contributed by atoms with Crippen LogP contribution in [0.15, 0.2) is 53.4 Å². The van der Waals surface area contributed by atoms with Gasteiger partial charge >= 0.3 is 0 Å². The van der Waals surface area contributed by atoms with E-state index in [9.17, 15) is 13.2 Å². The lowest BCUT2D eigenvalue weighted by Gasteiger charge is -2.17. The van der Waals surface area contributed by atoms with E-state index in [1.54, 1.807) is 31.3 Å². The highest BCUT2D eigenvalue weighted by atomic mass is 32.2. The number of carbonyl (C=O) groups is 1. The van der Waals surface area contributed by atoms with Crippen molar-refractivity contribution in [2.45, 2.75) is 11.8 Å². The van der Waals surface area contributed by atoms with Gasteiger partial charge in [-0.05, 0) is 43.3 Å². The maximum Gasteiger partial charge on any atom is 0.258 e. The fraction of sp³-hybridized carbons (Fsp3) is 0.133. The molecule has 0 fully saturated rings. The van der Waals surface area contributed by atoms with Crippen molar-refractivity contribution in [1.29, 1.82) is 0 Å². The van der Waals surface area contributed by atoms with Gasteiger partial charge in [-0.15, -0.1) is 0 Å². The van der Waals surface area contributed by atoms with Crippen molar-refractivity contribution in [2.24, 2.45) is 5.14 Å². The molecule has 2 aromatic rings. The van der Waals surface area contributed by atoms with Crippen molar-refractivity contribution < 1.29 is 13.2 Å². The summed E-state index contributed by atoms with van der Waals surface area (Å²) in [6.07, 6.45) is 0. The molecule has 0 aromatic heterocycles. The number of anilines is 1. The summed E-state index contributed by atoms with van der Waals surface area (Å²) in [7, 11) is -2.09. The van der Waals surface area contributed by atoms with Crippen LogP contribution in [0.1, 0.15) is 15.9 Å². The van der Waals surface area contributed by atoms with Gasteiger partial charge in [0.25, 0.3) is 5.91 Å². The van der Waals surface area contributed by atoms with E-state index in [2.05, 4.69) is 0 Å². The number of nitrogens with two attached hydrogens (primary N) is 1. The molecule has 0 heterocycles. The van der Waals surface area contributed by atoms with Gasteiger partial charge in [-0.3, -0.25) is 4.79 Å². The first kappa shape index (κ1) is 15.2. The molecule has 5 nitrogen and oxygen atoms in total. The molecule has 2 rings (SSSR count). The highest BCUT2D eigenvalue weighted by Crippen LogP contribution is 2.18. The molecule has 0 aliphatic heterocycles. The predicted molar refractivity (Wildman–Crippen MR) is 81.7 cm³/mol. The van der Waals surface area contributed by atoms with Gasteiger partial charge < -0.3 is 4.90 Å². The van der Waals surface area contributed by atoms with Crippen molar-refractivity contribution in [2.75, 3.05) is 11.9 Å². The summed E-state index contributed by atoms with van der Waals surface area (Å²) < 4.78 is 22.4. The van der Waals surface area contributed by atoms with Gasteiger partial charge in [-0.1, -0.05) is 17.7 Å². The van der Waals surface area contributed by atoms with Crippen LogP contribution in [0, 0.1) is 6.92 Å². The zero-order valence-corrected chi connectivity index (χ0v) is 12.6. The van der Waals surface area contributed by atoms with Crippen LogP contribution in [0.2, 0.25) is 0 Å². The summed E-state index contributed by atoms with van der Waals surface area (Å²) in [5.41, 5.74) is 2.23. The van der Waals surface area contributed by atoms with Crippen LogP contribution in [-0.4, -0.2) is 21.4 Å². The van der Waals surface area contributed by atoms with E-state index in [0.29, 0.717) is 11.3 Å². The first-order valence-corrected chi connectivity index (χ1v) is 7.81. The second kappa shape index (κ2) is 5.67. The van der Waals surface area contributed by atoms with Crippen LogP contribution in [-0.2, 0) is 10.0 Å². The van der Waals surface area contributed by atoms with E-state index in [1.165, 1.54) is 17.0 Å². The van der Waals surface area contributed by atoms with E-state index in [-0.39, 0.29) is 10.8 Å². The Morgan fingerprint density at radius 3 is 2.00 bits per heavy atom. The van der Waals surface area contributed by atoms with Crippen LogP contribution in [0.5, 0.6) is 0 Å². The van der Waals surface area contributed by atoms with E-state index < -0.39 is 10.0 Å². The summed E-state index contributed by atoms with van der Waals surface area (Å²) >= 11 is 0. The van der Waals surface area contributed by atoms with Crippen LogP contribution in [0.3, 0.4) is 0 Å². The van der Waals surface area contributed by atoms with Gasteiger partial charge in [-0.25, -0.2) is 13.6 Å². The van der Waals surface area contributed by atoms with Gasteiger partial charge in [-0.2, -0.15) is 0 Å². The third-order valence-corrected chi connectivity index (χ3v) is 4.08. The molecule has 0 saturated heterocycles. The molecule has 2 N–H and O–H groups in total. The smallest absolute Gasteiger partial charge is 0.258 e. The van der Waals surface area contributed by atoms with Crippen LogP contribution >= 0.6 is 0 Å². The molecule has 0 spiro atoms. The molecule has 0 aliphatic carbocycles. The molecule has 6 heteroatoms. The third kappa shape index (κ3) is 3.48. The van der Waals surface area contributed by atoms with Gasteiger partial charge in [0, 0.05) is 18.3 Å². The quantitative estimate of drug-likeness (QED) is 0.940. The Hall–Kier alpha value is -2.18. The zero-order valence-electron chi connectivity index (χ0n) is 11.8. The van der Waals surface area contributed by atoms with E-state index in [4.69, 9.17) is 5.14 Å². The first-order valence-electron chi connectivity index (χ1n) is 6.26. The number of hydrogen-bond donors (Lipinski definition) is 1. The molecule has 0 bridgehead atoms. The fourth-order valence-corrected chi connectivity index (χ4v) is 2.38. The van der Waals surface area contributed by atoms with Gasteiger partial charge in [0.2, 0.25) is 10.0 Å². The maximum absolute atomic E-state index is 12.3. The molecule has 21 heavy (non-hydrogen) atoms. The number of aryl methyl sites for hydroxylation is 1. The Bertz CT molecular complexity index is 751. The maximum atomic E-state index is 12.3. The average Bonchev–Trinajstić information content (AvgIpc) is 2.46. The molecule has 1 amide bonds. The average molecular weight is 304 g/mol. The van der Waals surface area contributed by atoms with Crippen molar-refractivity contribution in [3.05, 3.63) is 59.7 Å². The standard InChI is InChI=1S/C15H16N2O3S/c1-11-3-5-12(6-4-11)15(18)17(2)13-7-9-14(10-8-13)21(16,19)20/h3-10H,1-2H3,(H2,16,19,20). The summed E-state index contributed by atoms with van der Waals surface area (Å²) in [5.74, 6) is -0.168. The normalized spacial score (nSPS) is 11.2. The first-order chi connectivity index (χ1) is 9.79. The minimum absolute atomic E-state index is 0.0161. The number of primary sulfonamides is 1. The molecular formula is C15H16N2O3S. The van der Waals surface area contributed by atoms with Crippen LogP contribution < -0.4 is 10.0 Å². The molecule has 0 radical (unpaired) electrons. The second-order valence-electron chi connectivity index (χ2n) is 4.77. The minimum Gasteiger partial charge on any atom is -0.311 e. The molecule has 0 aliphatic rings. The molecular weight excluding hydrogens is 288 g/mol. The highest BCUT2D eigenvalue weighted by Gasteiger charge is 2.14. The summed E-state index contributed by atoms with van der Waals surface area (Å²) in [5, 5.41) is 5.04. The molecule has 0 saturated carbocycles. The topological polar surface area (TPSA) is 80.5 Å². The largest absolute Gasteiger partial charge is 0.311 e. The van der Waals surface area contributed by atoms with Gasteiger partial charge in [0.1, 0.15) is 0 Å². The Balaban J connectivity index is 2.25. The molecule has 0 unspecified atom stereocenters. The van der Waals surface area contributed by atoms with Crippen LogP contribution in [0.4, 0.5) is 5.69 Å². The number of amides is 1. The number of sulfonamides is 1. The summed E-state index contributed by atoms with van der Waals surface area (Å²) in [4.78, 5) is 13.8. The molecule has 110 valence electrons. The van der Waals surface area contributed by atoms with E-state index >= 15 is 0 Å². The van der Waals surface area contributed by atoms with Crippen LogP contribution in [0.25, 0.3) is 0 Å². The molecule has 0 atom stereocenters. The zero-order chi connectivity index (χ0) is 15.6. The van der Waals surface area contributed by atoms with Gasteiger partial charge in [0.15, 0.2) is 0 Å². The Morgan fingerprint density at radius 2 is 1.52 bits per heavy atom. The number of hydrogen-bond acceptors (Lipinski definition) is 3. The van der Waals surface area contributed by atoms with Crippen molar-refractivity contribution in [1.82, 2.24) is 0 Å². The number of benzene rings is 2. The fourth-order valence-electron chi connectivity index (χ4n) is 1.87. The summed E-state index contributed by atoms with van der Waals surface area (Å²) in [6, 6.07) is 13.1. The lowest BCUT2D eigenvalue weighted by molar-refractivity contribution is 0.0993. The van der Waals surface area contributed by atoms with Crippen molar-refractivity contribution >= 4 is 21.6 Å². The van der Waals surface area contributed by atoms with Gasteiger partial charge in [0.05, 0.1) is 4.90 Å². The lowest BCUT2D eigenvalue weighted by Crippen LogP contribution is -2.26. The molecule has 2 aromatic carbocycles. The lowest BCUT2D eigenvalue weighted by atomic mass is 10.1. The number of carbonyl (C=O) groups excluding carboxylic acids is 1. The van der Waals surface area contributed by atoms with Crippen molar-refractivity contribution in [3.8, 4) is 0 Å². The monoisotopic (exact) mass is 304 g/mol. The minimum atomic E-state index is -3.73. The second-order valence-corrected chi connectivity index (χ2v) is 6.33. The third-order valence-electron chi connectivity index (χ3n) is 3.16. The number of rotatable bonds is 3. The predicted octanol–water partition coefficient (Wildman–Crippen LogP) is 1.92. The van der Waals surface area contributed by atoms with Crippen molar-refractivity contribution in [3.63, 3.8) is 0 Å². The Labute approximate surface area is 124 Å². The van der Waals surface area contributed by atoms with E-state index in [1.807, 2.05) is 19.1 Å². The van der Waals surface area contributed by atoms with E-state index in [0.717, 1.165) is 5.56 Å². The summed E-state index contributed by atoms with van der Waals surface area (Å²) in [6.45, 7) is 1.95. The highest BCUT2D eigenvalue weighted by molar-refractivity contribution is 7.89. The SMILES string of the molecule is Cc1ccc(C(=O)N(C)c2ccc(S(N)(=O)=O)cc2)cc1. The Morgan fingerprint density at radius 1 is 1.00 bits per heavy atom.